The summed E-state index contributed by atoms with van der Waals surface area (Å²) >= 11 is 0. The Morgan fingerprint density at radius 2 is 2.00 bits per heavy atom. The van der Waals surface area contributed by atoms with Crippen molar-refractivity contribution >= 4 is 18.3 Å². The number of carbonyl (C=O) groups is 1. The maximum absolute atomic E-state index is 12.5. The molecule has 3 atom stereocenters. The van der Waals surface area contributed by atoms with Crippen LogP contribution < -0.4 is 5.73 Å². The molecule has 0 radical (unpaired) electrons. The van der Waals surface area contributed by atoms with Crippen LogP contribution in [0.3, 0.4) is 0 Å². The Morgan fingerprint density at radius 3 is 2.65 bits per heavy atom. The summed E-state index contributed by atoms with van der Waals surface area (Å²) in [6.07, 6.45) is 7.01. The van der Waals surface area contributed by atoms with Crippen LogP contribution in [0.5, 0.6) is 0 Å². The van der Waals surface area contributed by atoms with Gasteiger partial charge in [-0.2, -0.15) is 0 Å². The van der Waals surface area contributed by atoms with Crippen molar-refractivity contribution in [3.05, 3.63) is 0 Å². The lowest BCUT2D eigenvalue weighted by molar-refractivity contribution is -0.139. The monoisotopic (exact) mass is 260 g/mol. The highest BCUT2D eigenvalue weighted by atomic mass is 35.5. The van der Waals surface area contributed by atoms with Gasteiger partial charge in [0.25, 0.3) is 0 Å². The Hall–Kier alpha value is -0.280. The summed E-state index contributed by atoms with van der Waals surface area (Å²) in [7, 11) is 0. The third-order valence-corrected chi connectivity index (χ3v) is 4.37. The van der Waals surface area contributed by atoms with E-state index in [2.05, 4.69) is 11.8 Å². The topological polar surface area (TPSA) is 46.3 Å². The van der Waals surface area contributed by atoms with Crippen LogP contribution in [0, 0.1) is 11.8 Å². The predicted molar refractivity (Wildman–Crippen MR) is 72.2 cm³/mol. The van der Waals surface area contributed by atoms with Crippen molar-refractivity contribution in [2.24, 2.45) is 17.6 Å². The van der Waals surface area contributed by atoms with Crippen molar-refractivity contribution in [2.45, 2.75) is 51.5 Å². The number of nitrogens with zero attached hydrogens (tertiary/aromatic N) is 1. The lowest BCUT2D eigenvalue weighted by Crippen LogP contribution is -2.46. The number of amides is 1. The average molecular weight is 261 g/mol. The molecule has 1 aliphatic carbocycles. The number of hydrogen-bond acceptors (Lipinski definition) is 2. The van der Waals surface area contributed by atoms with Crippen molar-refractivity contribution in [1.82, 2.24) is 4.90 Å². The molecule has 17 heavy (non-hydrogen) atoms. The first-order valence-electron chi connectivity index (χ1n) is 6.74. The van der Waals surface area contributed by atoms with Gasteiger partial charge in [-0.25, -0.2) is 0 Å². The van der Waals surface area contributed by atoms with Crippen LogP contribution in [0.4, 0.5) is 0 Å². The molecule has 1 aliphatic heterocycles. The Labute approximate surface area is 111 Å². The van der Waals surface area contributed by atoms with Gasteiger partial charge in [0, 0.05) is 18.5 Å². The second kappa shape index (κ2) is 6.60. The second-order valence-electron chi connectivity index (χ2n) is 5.41. The number of rotatable bonds is 2. The third kappa shape index (κ3) is 3.14. The second-order valence-corrected chi connectivity index (χ2v) is 5.41. The van der Waals surface area contributed by atoms with Gasteiger partial charge < -0.3 is 10.6 Å². The molecule has 2 aliphatic rings. The molecule has 2 fully saturated rings. The summed E-state index contributed by atoms with van der Waals surface area (Å²) in [4.78, 5) is 14.6. The lowest BCUT2D eigenvalue weighted by atomic mass is 9.92. The molecule has 0 aromatic rings. The maximum Gasteiger partial charge on any atom is 0.226 e. The smallest absolute Gasteiger partial charge is 0.226 e. The fourth-order valence-electron chi connectivity index (χ4n) is 3.28. The number of carbonyl (C=O) groups excluding carboxylic acids is 1. The summed E-state index contributed by atoms with van der Waals surface area (Å²) in [5.74, 6) is 1.06. The Kier molecular flexibility index (Phi) is 5.74. The van der Waals surface area contributed by atoms with E-state index in [9.17, 15) is 4.79 Å². The molecule has 1 heterocycles. The van der Waals surface area contributed by atoms with E-state index in [1.54, 1.807) is 0 Å². The van der Waals surface area contributed by atoms with Gasteiger partial charge in [0.15, 0.2) is 0 Å². The lowest BCUT2D eigenvalue weighted by Gasteiger charge is -2.36. The molecule has 0 aromatic carbocycles. The SMILES string of the molecule is CC1CCCCN1C(=O)[C@@H]1CCC[C@@H]1CN.Cl. The highest BCUT2D eigenvalue weighted by Crippen LogP contribution is 2.33. The van der Waals surface area contributed by atoms with Crippen molar-refractivity contribution in [3.8, 4) is 0 Å². The Bertz CT molecular complexity index is 256. The number of halogens is 1. The van der Waals surface area contributed by atoms with Crippen LogP contribution in [0.2, 0.25) is 0 Å². The summed E-state index contributed by atoms with van der Waals surface area (Å²) in [5.41, 5.74) is 5.76. The number of nitrogens with two attached hydrogens (primary N) is 1. The molecule has 2 N–H and O–H groups in total. The Morgan fingerprint density at radius 1 is 1.24 bits per heavy atom. The van der Waals surface area contributed by atoms with Crippen LogP contribution in [0.15, 0.2) is 0 Å². The van der Waals surface area contributed by atoms with Crippen LogP contribution in [0.1, 0.15) is 45.4 Å². The predicted octanol–water partition coefficient (Wildman–Crippen LogP) is 2.18. The third-order valence-electron chi connectivity index (χ3n) is 4.37. The normalized spacial score (nSPS) is 33.3. The minimum atomic E-state index is 0. The van der Waals surface area contributed by atoms with Gasteiger partial charge in [0.2, 0.25) is 5.91 Å². The van der Waals surface area contributed by atoms with Gasteiger partial charge >= 0.3 is 0 Å². The molecule has 0 aromatic heterocycles. The van der Waals surface area contributed by atoms with E-state index in [-0.39, 0.29) is 18.3 Å². The minimum Gasteiger partial charge on any atom is -0.340 e. The molecule has 100 valence electrons. The van der Waals surface area contributed by atoms with E-state index in [0.717, 1.165) is 19.4 Å². The summed E-state index contributed by atoms with van der Waals surface area (Å²) < 4.78 is 0. The molecule has 1 saturated heterocycles. The zero-order chi connectivity index (χ0) is 11.5. The molecule has 3 nitrogen and oxygen atoms in total. The number of likely N-dealkylation sites (tertiary alicyclic amines) is 1. The van der Waals surface area contributed by atoms with Gasteiger partial charge in [-0.05, 0) is 51.5 Å². The fraction of sp³-hybridized carbons (Fsp3) is 0.923. The fourth-order valence-corrected chi connectivity index (χ4v) is 3.28. The van der Waals surface area contributed by atoms with Crippen molar-refractivity contribution in [3.63, 3.8) is 0 Å². The first-order valence-corrected chi connectivity index (χ1v) is 6.74. The molecular formula is C13H25ClN2O. The van der Waals surface area contributed by atoms with E-state index in [1.165, 1.54) is 25.7 Å². The van der Waals surface area contributed by atoms with E-state index in [1.807, 2.05) is 0 Å². The quantitative estimate of drug-likeness (QED) is 0.827. The zero-order valence-corrected chi connectivity index (χ0v) is 11.5. The standard InChI is InChI=1S/C13H24N2O.ClH/c1-10-5-2-3-8-15(10)13(16)12-7-4-6-11(12)9-14;/h10-12H,2-9,14H2,1H3;1H/t10?,11-,12-;/m1./s1. The maximum atomic E-state index is 12.5. The first-order chi connectivity index (χ1) is 7.74. The largest absolute Gasteiger partial charge is 0.340 e. The molecule has 4 heteroatoms. The van der Waals surface area contributed by atoms with E-state index in [0.29, 0.717) is 24.4 Å². The van der Waals surface area contributed by atoms with Crippen LogP contribution in [-0.2, 0) is 4.79 Å². The van der Waals surface area contributed by atoms with Gasteiger partial charge in [-0.3, -0.25) is 4.79 Å². The van der Waals surface area contributed by atoms with Crippen LogP contribution in [-0.4, -0.2) is 29.9 Å². The first kappa shape index (κ1) is 14.8. The van der Waals surface area contributed by atoms with Crippen LogP contribution in [0.25, 0.3) is 0 Å². The highest BCUT2D eigenvalue weighted by molar-refractivity contribution is 5.85. The summed E-state index contributed by atoms with van der Waals surface area (Å²) in [5, 5.41) is 0. The number of hydrogen-bond donors (Lipinski definition) is 1. The van der Waals surface area contributed by atoms with Gasteiger partial charge in [-0.1, -0.05) is 6.42 Å². The minimum absolute atomic E-state index is 0. The summed E-state index contributed by atoms with van der Waals surface area (Å²) in [6, 6.07) is 0.445. The van der Waals surface area contributed by atoms with E-state index >= 15 is 0 Å². The molecule has 2 rings (SSSR count). The summed E-state index contributed by atoms with van der Waals surface area (Å²) in [6.45, 7) is 3.83. The molecule has 0 bridgehead atoms. The molecule has 1 unspecified atom stereocenters. The highest BCUT2D eigenvalue weighted by Gasteiger charge is 2.36. The molecular weight excluding hydrogens is 236 g/mol. The van der Waals surface area contributed by atoms with Crippen molar-refractivity contribution in [1.29, 1.82) is 0 Å². The Balaban J connectivity index is 0.00000144. The van der Waals surface area contributed by atoms with Crippen molar-refractivity contribution < 1.29 is 4.79 Å². The van der Waals surface area contributed by atoms with Gasteiger partial charge in [-0.15, -0.1) is 12.4 Å². The molecule has 0 spiro atoms. The van der Waals surface area contributed by atoms with Gasteiger partial charge in [0.05, 0.1) is 0 Å². The van der Waals surface area contributed by atoms with Gasteiger partial charge in [0.1, 0.15) is 0 Å². The van der Waals surface area contributed by atoms with E-state index < -0.39 is 0 Å². The van der Waals surface area contributed by atoms with E-state index in [4.69, 9.17) is 5.73 Å². The average Bonchev–Trinajstić information content (AvgIpc) is 2.77. The molecule has 1 amide bonds. The van der Waals surface area contributed by atoms with Crippen molar-refractivity contribution in [2.75, 3.05) is 13.1 Å². The molecule has 1 saturated carbocycles. The van der Waals surface area contributed by atoms with Crippen LogP contribution >= 0.6 is 12.4 Å². The zero-order valence-electron chi connectivity index (χ0n) is 10.7. The number of piperidine rings is 1.